The Balaban J connectivity index is 1.80. The van der Waals surface area contributed by atoms with Crippen LogP contribution in [0.1, 0.15) is 15.9 Å². The van der Waals surface area contributed by atoms with E-state index in [1.165, 1.54) is 5.56 Å². The van der Waals surface area contributed by atoms with E-state index in [2.05, 4.69) is 10.3 Å². The molecule has 1 heterocycles. The lowest BCUT2D eigenvalue weighted by Gasteiger charge is -2.09. The third-order valence-corrected chi connectivity index (χ3v) is 3.34. The molecule has 0 bridgehead atoms. The van der Waals surface area contributed by atoms with Crippen LogP contribution in [-0.2, 0) is 6.67 Å². The number of hydrogen-bond acceptors (Lipinski definition) is 3. The molecule has 0 unspecified atom stereocenters. The molecule has 0 radical (unpaired) electrons. The number of aromatic nitrogens is 2. The summed E-state index contributed by atoms with van der Waals surface area (Å²) in [4.78, 5) is 15.3. The zero-order valence-electron chi connectivity index (χ0n) is 11.6. The van der Waals surface area contributed by atoms with Crippen LogP contribution in [0.4, 0.5) is 5.69 Å². The molecule has 2 aromatic carbocycles. The van der Waals surface area contributed by atoms with E-state index in [1.54, 1.807) is 24.5 Å². The van der Waals surface area contributed by atoms with E-state index < -0.39 is 5.97 Å². The number of nitrogens with one attached hydrogen (secondary N) is 1. The Bertz CT molecular complexity index is 808. The van der Waals surface area contributed by atoms with E-state index in [4.69, 9.17) is 5.11 Å². The molecule has 0 saturated heterocycles. The molecule has 21 heavy (non-hydrogen) atoms. The Morgan fingerprint density at radius 3 is 2.95 bits per heavy atom. The number of imidazole rings is 1. The van der Waals surface area contributed by atoms with Crippen LogP contribution in [0.2, 0.25) is 0 Å². The van der Waals surface area contributed by atoms with Gasteiger partial charge in [0.1, 0.15) is 0 Å². The summed E-state index contributed by atoms with van der Waals surface area (Å²) in [7, 11) is 0. The van der Waals surface area contributed by atoms with Gasteiger partial charge in [-0.1, -0.05) is 12.1 Å². The van der Waals surface area contributed by atoms with Gasteiger partial charge >= 0.3 is 5.97 Å². The molecule has 0 fully saturated rings. The minimum absolute atomic E-state index is 0.270. The zero-order valence-corrected chi connectivity index (χ0v) is 11.6. The Labute approximate surface area is 121 Å². The van der Waals surface area contributed by atoms with E-state index in [9.17, 15) is 4.79 Å². The fraction of sp³-hybridized carbons (Fsp3) is 0.125. The van der Waals surface area contributed by atoms with Crippen LogP contribution < -0.4 is 5.32 Å². The summed E-state index contributed by atoms with van der Waals surface area (Å²) in [6.07, 6.45) is 1.78. The number of nitrogens with zero attached hydrogens (tertiary/aromatic N) is 2. The SMILES string of the molecule is Cc1ccc2c(c1)ncn2CNc1cccc(C(=O)O)c1. The molecule has 0 amide bonds. The highest BCUT2D eigenvalue weighted by Gasteiger charge is 2.04. The first-order valence-corrected chi connectivity index (χ1v) is 6.62. The number of rotatable bonds is 4. The van der Waals surface area contributed by atoms with E-state index in [-0.39, 0.29) is 5.56 Å². The predicted octanol–water partition coefficient (Wildman–Crippen LogP) is 3.11. The molecular weight excluding hydrogens is 266 g/mol. The second-order valence-corrected chi connectivity index (χ2v) is 4.93. The second kappa shape index (κ2) is 5.28. The molecule has 1 aromatic heterocycles. The smallest absolute Gasteiger partial charge is 0.335 e. The van der Waals surface area contributed by atoms with Crippen LogP contribution in [-0.4, -0.2) is 20.6 Å². The van der Waals surface area contributed by atoms with E-state index in [1.807, 2.05) is 35.8 Å². The second-order valence-electron chi connectivity index (χ2n) is 4.93. The predicted molar refractivity (Wildman–Crippen MR) is 81.5 cm³/mol. The Kier molecular flexibility index (Phi) is 3.31. The summed E-state index contributed by atoms with van der Waals surface area (Å²) in [5.41, 5.74) is 4.21. The highest BCUT2D eigenvalue weighted by Crippen LogP contribution is 2.16. The van der Waals surface area contributed by atoms with Crippen molar-refractivity contribution in [3.8, 4) is 0 Å². The zero-order chi connectivity index (χ0) is 14.8. The van der Waals surface area contributed by atoms with Crippen LogP contribution in [0.15, 0.2) is 48.8 Å². The van der Waals surface area contributed by atoms with Crippen LogP contribution in [0.5, 0.6) is 0 Å². The fourth-order valence-corrected chi connectivity index (χ4v) is 2.24. The summed E-state index contributed by atoms with van der Waals surface area (Å²) in [6, 6.07) is 12.9. The first-order chi connectivity index (χ1) is 10.1. The van der Waals surface area contributed by atoms with E-state index in [0.717, 1.165) is 16.7 Å². The summed E-state index contributed by atoms with van der Waals surface area (Å²) in [5, 5.41) is 12.2. The van der Waals surface area contributed by atoms with E-state index >= 15 is 0 Å². The fourth-order valence-electron chi connectivity index (χ4n) is 2.24. The maximum Gasteiger partial charge on any atom is 0.335 e. The average molecular weight is 281 g/mol. The number of aromatic carboxylic acids is 1. The van der Waals surface area contributed by atoms with Crippen molar-refractivity contribution in [1.82, 2.24) is 9.55 Å². The maximum atomic E-state index is 10.9. The first-order valence-electron chi connectivity index (χ1n) is 6.62. The molecule has 106 valence electrons. The number of aryl methyl sites for hydroxylation is 1. The Morgan fingerprint density at radius 2 is 2.14 bits per heavy atom. The van der Waals surface area contributed by atoms with Gasteiger partial charge in [-0.15, -0.1) is 0 Å². The topological polar surface area (TPSA) is 67.2 Å². The quantitative estimate of drug-likeness (QED) is 0.771. The lowest BCUT2D eigenvalue weighted by Crippen LogP contribution is -2.07. The van der Waals surface area contributed by atoms with Gasteiger partial charge in [-0.05, 0) is 42.8 Å². The van der Waals surface area contributed by atoms with Crippen LogP contribution in [0.25, 0.3) is 11.0 Å². The number of hydrogen-bond donors (Lipinski definition) is 2. The summed E-state index contributed by atoms with van der Waals surface area (Å²) >= 11 is 0. The lowest BCUT2D eigenvalue weighted by atomic mass is 10.2. The normalized spacial score (nSPS) is 10.7. The molecule has 0 atom stereocenters. The third kappa shape index (κ3) is 2.72. The largest absolute Gasteiger partial charge is 0.478 e. The molecule has 5 nitrogen and oxygen atoms in total. The molecule has 0 aliphatic heterocycles. The molecular formula is C16H15N3O2. The molecule has 0 saturated carbocycles. The van der Waals surface area contributed by atoms with Crippen molar-refractivity contribution in [3.05, 3.63) is 59.9 Å². The van der Waals surface area contributed by atoms with Crippen LogP contribution >= 0.6 is 0 Å². The van der Waals surface area contributed by atoms with Crippen molar-refractivity contribution in [2.24, 2.45) is 0 Å². The van der Waals surface area contributed by atoms with Gasteiger partial charge < -0.3 is 15.0 Å². The Morgan fingerprint density at radius 1 is 1.29 bits per heavy atom. The Hall–Kier alpha value is -2.82. The molecule has 0 spiro atoms. The number of carboxylic acids is 1. The van der Waals surface area contributed by atoms with Gasteiger partial charge in [0.15, 0.2) is 0 Å². The van der Waals surface area contributed by atoms with Crippen LogP contribution in [0.3, 0.4) is 0 Å². The molecule has 0 aliphatic carbocycles. The average Bonchev–Trinajstić information content (AvgIpc) is 2.87. The number of carboxylic acid groups (broad SMARTS) is 1. The van der Waals surface area contributed by atoms with Gasteiger partial charge in [-0.2, -0.15) is 0 Å². The van der Waals surface area contributed by atoms with Crippen LogP contribution in [0, 0.1) is 6.92 Å². The highest BCUT2D eigenvalue weighted by atomic mass is 16.4. The number of anilines is 1. The highest BCUT2D eigenvalue weighted by molar-refractivity contribution is 5.88. The van der Waals surface area contributed by atoms with Crippen molar-refractivity contribution in [2.45, 2.75) is 13.6 Å². The molecule has 3 rings (SSSR count). The molecule has 2 N–H and O–H groups in total. The maximum absolute atomic E-state index is 10.9. The molecule has 3 aromatic rings. The van der Waals surface area contributed by atoms with Gasteiger partial charge in [0.25, 0.3) is 0 Å². The monoisotopic (exact) mass is 281 g/mol. The van der Waals surface area contributed by atoms with Gasteiger partial charge in [-0.25, -0.2) is 9.78 Å². The first kappa shape index (κ1) is 13.2. The summed E-state index contributed by atoms with van der Waals surface area (Å²) in [6.45, 7) is 2.57. The van der Waals surface area contributed by atoms with E-state index in [0.29, 0.717) is 6.67 Å². The van der Waals surface area contributed by atoms with Crippen molar-refractivity contribution in [1.29, 1.82) is 0 Å². The van der Waals surface area contributed by atoms with Gasteiger partial charge in [-0.3, -0.25) is 0 Å². The number of fused-ring (bicyclic) bond motifs is 1. The van der Waals surface area contributed by atoms with Gasteiger partial charge in [0.05, 0.1) is 29.6 Å². The molecule has 0 aliphatic rings. The van der Waals surface area contributed by atoms with Crippen molar-refractivity contribution >= 4 is 22.7 Å². The van der Waals surface area contributed by atoms with Gasteiger partial charge in [0.2, 0.25) is 0 Å². The minimum atomic E-state index is -0.929. The standard InChI is InChI=1S/C16H15N3O2/c1-11-5-6-15-14(7-11)18-10-19(15)9-17-13-4-2-3-12(8-13)16(20)21/h2-8,10,17H,9H2,1H3,(H,20,21). The number of carbonyl (C=O) groups is 1. The third-order valence-electron chi connectivity index (χ3n) is 3.34. The minimum Gasteiger partial charge on any atom is -0.478 e. The summed E-state index contributed by atoms with van der Waals surface area (Å²) in [5.74, 6) is -0.929. The summed E-state index contributed by atoms with van der Waals surface area (Å²) < 4.78 is 1.99. The number of benzene rings is 2. The van der Waals surface area contributed by atoms with Crippen molar-refractivity contribution in [3.63, 3.8) is 0 Å². The van der Waals surface area contributed by atoms with Gasteiger partial charge in [0, 0.05) is 5.69 Å². The van der Waals surface area contributed by atoms with Crippen molar-refractivity contribution < 1.29 is 9.90 Å². The molecule has 5 heteroatoms. The van der Waals surface area contributed by atoms with Crippen molar-refractivity contribution in [2.75, 3.05) is 5.32 Å². The lowest BCUT2D eigenvalue weighted by molar-refractivity contribution is 0.0697.